The lowest BCUT2D eigenvalue weighted by atomic mass is 9.94. The van der Waals surface area contributed by atoms with Gasteiger partial charge in [0.15, 0.2) is 0 Å². The number of likely N-dealkylation sites (tertiary alicyclic amines) is 1. The van der Waals surface area contributed by atoms with Gasteiger partial charge in [-0.1, -0.05) is 12.2 Å². The second kappa shape index (κ2) is 5.42. The van der Waals surface area contributed by atoms with E-state index in [-0.39, 0.29) is 0 Å². The van der Waals surface area contributed by atoms with Crippen molar-refractivity contribution in [1.82, 2.24) is 9.88 Å². The average Bonchev–Trinajstić information content (AvgIpc) is 2.58. The number of likely N-dealkylation sites (N-methyl/N-ethyl adjacent to an activating group) is 1. The van der Waals surface area contributed by atoms with Crippen molar-refractivity contribution in [3.05, 3.63) is 15.6 Å². The number of thiazole rings is 1. The molecule has 0 spiro atoms. The van der Waals surface area contributed by atoms with E-state index in [4.69, 9.17) is 22.9 Å². The third kappa shape index (κ3) is 3.24. The van der Waals surface area contributed by atoms with Crippen LogP contribution < -0.4 is 5.73 Å². The van der Waals surface area contributed by atoms with Crippen LogP contribution in [0.2, 0.25) is 0 Å². The van der Waals surface area contributed by atoms with Crippen LogP contribution in [0.5, 0.6) is 0 Å². The molecule has 0 radical (unpaired) electrons. The van der Waals surface area contributed by atoms with E-state index in [1.54, 1.807) is 11.3 Å². The summed E-state index contributed by atoms with van der Waals surface area (Å²) in [5.74, 6) is 0.588. The van der Waals surface area contributed by atoms with E-state index in [0.29, 0.717) is 17.3 Å². The normalized spacial score (nSPS) is 21.6. The summed E-state index contributed by atoms with van der Waals surface area (Å²) in [4.78, 5) is 8.99. The summed E-state index contributed by atoms with van der Waals surface area (Å²) in [5.41, 5.74) is 6.85. The van der Waals surface area contributed by atoms with E-state index in [1.807, 2.05) is 0 Å². The summed E-state index contributed by atoms with van der Waals surface area (Å²) >= 11 is 6.68. The highest BCUT2D eigenvalue weighted by molar-refractivity contribution is 7.80. The first kappa shape index (κ1) is 12.9. The average molecular weight is 269 g/mol. The molecule has 1 aromatic rings. The highest BCUT2D eigenvalue weighted by atomic mass is 32.1. The molecule has 1 aliphatic rings. The van der Waals surface area contributed by atoms with Gasteiger partial charge in [0.05, 0.1) is 15.7 Å². The lowest BCUT2D eigenvalue weighted by molar-refractivity contribution is 0.248. The van der Waals surface area contributed by atoms with Crippen molar-refractivity contribution in [2.75, 3.05) is 20.1 Å². The zero-order chi connectivity index (χ0) is 12.4. The number of nitrogens with zero attached hydrogens (tertiary/aromatic N) is 2. The number of nitrogens with two attached hydrogens (primary N) is 1. The SMILES string of the molecule is Cc1sc(CC(N)=S)nc1C1CCCN(C)C1. The monoisotopic (exact) mass is 269 g/mol. The molecule has 3 nitrogen and oxygen atoms in total. The van der Waals surface area contributed by atoms with Gasteiger partial charge in [0.1, 0.15) is 0 Å². The van der Waals surface area contributed by atoms with Gasteiger partial charge in [-0.15, -0.1) is 11.3 Å². The van der Waals surface area contributed by atoms with Gasteiger partial charge in [0, 0.05) is 23.8 Å². The molecule has 5 heteroatoms. The minimum Gasteiger partial charge on any atom is -0.393 e. The molecule has 17 heavy (non-hydrogen) atoms. The topological polar surface area (TPSA) is 42.1 Å². The third-order valence-electron chi connectivity index (χ3n) is 3.21. The molecular formula is C12H19N3S2. The number of thiocarbonyl (C=S) groups is 1. The van der Waals surface area contributed by atoms with Crippen LogP contribution in [0.25, 0.3) is 0 Å². The zero-order valence-corrected chi connectivity index (χ0v) is 12.0. The molecule has 2 rings (SSSR count). The molecule has 1 aliphatic heterocycles. The second-order valence-corrected chi connectivity index (χ2v) is 6.61. The zero-order valence-electron chi connectivity index (χ0n) is 10.4. The summed E-state index contributed by atoms with van der Waals surface area (Å²) in [7, 11) is 2.18. The Morgan fingerprint density at radius 2 is 2.41 bits per heavy atom. The number of piperidine rings is 1. The number of hydrogen-bond acceptors (Lipinski definition) is 4. The Balaban J connectivity index is 2.14. The summed E-state index contributed by atoms with van der Waals surface area (Å²) in [6.45, 7) is 4.49. The van der Waals surface area contributed by atoms with Gasteiger partial charge < -0.3 is 10.6 Å². The summed E-state index contributed by atoms with van der Waals surface area (Å²) in [5, 5.41) is 1.07. The van der Waals surface area contributed by atoms with E-state index in [0.717, 1.165) is 11.6 Å². The minimum atomic E-state index is 0.533. The molecule has 0 aromatic carbocycles. The highest BCUT2D eigenvalue weighted by Crippen LogP contribution is 2.31. The Bertz CT molecular complexity index is 414. The fourth-order valence-electron chi connectivity index (χ4n) is 2.46. The highest BCUT2D eigenvalue weighted by Gasteiger charge is 2.23. The Labute approximate surface area is 112 Å². The number of hydrogen-bond donors (Lipinski definition) is 1. The molecule has 1 unspecified atom stereocenters. The molecule has 1 fully saturated rings. The predicted molar refractivity (Wildman–Crippen MR) is 76.8 cm³/mol. The first-order valence-electron chi connectivity index (χ1n) is 5.99. The largest absolute Gasteiger partial charge is 0.393 e. The van der Waals surface area contributed by atoms with Crippen LogP contribution in [0.3, 0.4) is 0 Å². The van der Waals surface area contributed by atoms with Crippen molar-refractivity contribution in [2.45, 2.75) is 32.1 Å². The van der Waals surface area contributed by atoms with Crippen LogP contribution in [0.1, 0.15) is 34.3 Å². The maximum absolute atomic E-state index is 5.57. The van der Waals surface area contributed by atoms with Gasteiger partial charge in [-0.25, -0.2) is 4.98 Å². The Morgan fingerprint density at radius 1 is 1.65 bits per heavy atom. The summed E-state index contributed by atoms with van der Waals surface area (Å²) in [6, 6.07) is 0. The van der Waals surface area contributed by atoms with E-state index in [2.05, 4.69) is 18.9 Å². The fraction of sp³-hybridized carbons (Fsp3) is 0.667. The summed E-state index contributed by atoms with van der Waals surface area (Å²) in [6.07, 6.45) is 3.16. The maximum atomic E-state index is 5.57. The van der Waals surface area contributed by atoms with Crippen LogP contribution in [0.4, 0.5) is 0 Å². The fourth-order valence-corrected chi connectivity index (χ4v) is 3.73. The van der Waals surface area contributed by atoms with Crippen molar-refractivity contribution >= 4 is 28.5 Å². The number of aromatic nitrogens is 1. The van der Waals surface area contributed by atoms with Crippen molar-refractivity contribution in [2.24, 2.45) is 5.73 Å². The quantitative estimate of drug-likeness (QED) is 0.853. The lowest BCUT2D eigenvalue weighted by Gasteiger charge is -2.29. The van der Waals surface area contributed by atoms with Crippen LogP contribution in [-0.2, 0) is 6.42 Å². The number of rotatable bonds is 3. The molecule has 1 atom stereocenters. The van der Waals surface area contributed by atoms with Gasteiger partial charge in [-0.3, -0.25) is 0 Å². The molecular weight excluding hydrogens is 250 g/mol. The number of aryl methyl sites for hydroxylation is 1. The standard InChI is InChI=1S/C12H19N3S2/c1-8-12(9-4-3-5-15(2)7-9)14-11(17-8)6-10(13)16/h9H,3-7H2,1-2H3,(H2,13,16). The minimum absolute atomic E-state index is 0.533. The lowest BCUT2D eigenvalue weighted by Crippen LogP contribution is -2.31. The Hall–Kier alpha value is -0.520. The maximum Gasteiger partial charge on any atom is 0.0998 e. The second-order valence-electron chi connectivity index (χ2n) is 4.79. The molecule has 1 aromatic heterocycles. The van der Waals surface area contributed by atoms with Crippen molar-refractivity contribution in [3.63, 3.8) is 0 Å². The van der Waals surface area contributed by atoms with Crippen LogP contribution in [0, 0.1) is 6.92 Å². The van der Waals surface area contributed by atoms with Crippen LogP contribution in [0.15, 0.2) is 0 Å². The van der Waals surface area contributed by atoms with Crippen molar-refractivity contribution < 1.29 is 0 Å². The van der Waals surface area contributed by atoms with Gasteiger partial charge in [0.2, 0.25) is 0 Å². The third-order valence-corrected chi connectivity index (χ3v) is 4.34. The first-order chi connectivity index (χ1) is 8.06. The van der Waals surface area contributed by atoms with Gasteiger partial charge >= 0.3 is 0 Å². The molecule has 0 bridgehead atoms. The Kier molecular flexibility index (Phi) is 4.12. The van der Waals surface area contributed by atoms with Crippen LogP contribution in [-0.4, -0.2) is 35.0 Å². The van der Waals surface area contributed by atoms with Gasteiger partial charge in [0.25, 0.3) is 0 Å². The van der Waals surface area contributed by atoms with E-state index in [1.165, 1.54) is 30.0 Å². The van der Waals surface area contributed by atoms with E-state index in [9.17, 15) is 0 Å². The van der Waals surface area contributed by atoms with E-state index < -0.39 is 0 Å². The van der Waals surface area contributed by atoms with Crippen molar-refractivity contribution in [1.29, 1.82) is 0 Å². The molecule has 0 amide bonds. The molecule has 2 heterocycles. The predicted octanol–water partition coefficient (Wildman–Crippen LogP) is 2.09. The Morgan fingerprint density at radius 3 is 3.06 bits per heavy atom. The van der Waals surface area contributed by atoms with Crippen molar-refractivity contribution in [3.8, 4) is 0 Å². The van der Waals surface area contributed by atoms with Gasteiger partial charge in [-0.05, 0) is 33.4 Å². The molecule has 0 saturated carbocycles. The molecule has 94 valence electrons. The first-order valence-corrected chi connectivity index (χ1v) is 7.21. The molecule has 0 aliphatic carbocycles. The smallest absolute Gasteiger partial charge is 0.0998 e. The molecule has 2 N–H and O–H groups in total. The summed E-state index contributed by atoms with van der Waals surface area (Å²) < 4.78 is 0. The molecule has 1 saturated heterocycles. The van der Waals surface area contributed by atoms with Crippen LogP contribution >= 0.6 is 23.6 Å². The van der Waals surface area contributed by atoms with E-state index >= 15 is 0 Å². The van der Waals surface area contributed by atoms with Gasteiger partial charge in [-0.2, -0.15) is 0 Å².